The van der Waals surface area contributed by atoms with Crippen molar-refractivity contribution in [2.24, 2.45) is 5.10 Å². The van der Waals surface area contributed by atoms with E-state index in [1.165, 1.54) is 6.21 Å². The molecule has 114 valence electrons. The van der Waals surface area contributed by atoms with Gasteiger partial charge in [0, 0.05) is 11.1 Å². The summed E-state index contributed by atoms with van der Waals surface area (Å²) in [5, 5.41) is 3.97. The largest absolute Gasteiger partial charge is 0.497 e. The molecule has 1 amide bonds. The fourth-order valence-corrected chi connectivity index (χ4v) is 1.95. The molecule has 0 saturated heterocycles. The topological polar surface area (TPSA) is 59.9 Å². The average Bonchev–Trinajstić information content (AvgIpc) is 2.54. The molecule has 0 aromatic heterocycles. The maximum atomic E-state index is 12.0. The Labute approximate surface area is 129 Å². The van der Waals surface area contributed by atoms with Crippen molar-refractivity contribution in [3.05, 3.63) is 59.2 Å². The van der Waals surface area contributed by atoms with Crippen molar-refractivity contribution in [2.75, 3.05) is 14.2 Å². The Morgan fingerprint density at radius 3 is 2.64 bits per heavy atom. The van der Waals surface area contributed by atoms with Crippen LogP contribution in [0, 0.1) is 6.92 Å². The van der Waals surface area contributed by atoms with E-state index < -0.39 is 0 Å². The van der Waals surface area contributed by atoms with E-state index in [-0.39, 0.29) is 5.91 Å². The first-order valence-electron chi connectivity index (χ1n) is 6.76. The standard InChI is InChI=1S/C17H18N2O3/c1-12-5-4-6-13(9-12)17(20)19-18-11-14-10-15(21-2)7-8-16(14)22-3/h4-11H,1-3H3,(H,19,20)/b18-11-. The molecule has 2 aromatic carbocycles. The zero-order valence-electron chi connectivity index (χ0n) is 12.8. The molecule has 0 fully saturated rings. The fraction of sp³-hybridized carbons (Fsp3) is 0.176. The van der Waals surface area contributed by atoms with E-state index in [1.807, 2.05) is 19.1 Å². The van der Waals surface area contributed by atoms with E-state index in [0.29, 0.717) is 22.6 Å². The summed E-state index contributed by atoms with van der Waals surface area (Å²) in [6.45, 7) is 1.93. The highest BCUT2D eigenvalue weighted by molar-refractivity contribution is 5.95. The molecule has 0 bridgehead atoms. The number of nitrogens with one attached hydrogen (secondary N) is 1. The van der Waals surface area contributed by atoms with Gasteiger partial charge in [-0.1, -0.05) is 17.7 Å². The summed E-state index contributed by atoms with van der Waals surface area (Å²) in [5.41, 5.74) is 4.80. The number of benzene rings is 2. The van der Waals surface area contributed by atoms with Crippen LogP contribution in [0.1, 0.15) is 21.5 Å². The van der Waals surface area contributed by atoms with Crippen LogP contribution < -0.4 is 14.9 Å². The van der Waals surface area contributed by atoms with Gasteiger partial charge in [0.15, 0.2) is 0 Å². The van der Waals surface area contributed by atoms with Gasteiger partial charge < -0.3 is 9.47 Å². The monoisotopic (exact) mass is 298 g/mol. The van der Waals surface area contributed by atoms with Gasteiger partial charge in [-0.2, -0.15) is 5.10 Å². The molecular weight excluding hydrogens is 280 g/mol. The van der Waals surface area contributed by atoms with Crippen molar-refractivity contribution in [2.45, 2.75) is 6.92 Å². The number of carbonyl (C=O) groups excluding carboxylic acids is 1. The first-order chi connectivity index (χ1) is 10.6. The van der Waals surface area contributed by atoms with Gasteiger partial charge in [-0.3, -0.25) is 4.79 Å². The highest BCUT2D eigenvalue weighted by Crippen LogP contribution is 2.22. The van der Waals surface area contributed by atoms with Crippen LogP contribution in [0.25, 0.3) is 0 Å². The Hall–Kier alpha value is -2.82. The van der Waals surface area contributed by atoms with Crippen molar-refractivity contribution in [1.82, 2.24) is 5.43 Å². The van der Waals surface area contributed by atoms with Gasteiger partial charge >= 0.3 is 0 Å². The van der Waals surface area contributed by atoms with Gasteiger partial charge in [-0.25, -0.2) is 5.43 Å². The smallest absolute Gasteiger partial charge is 0.271 e. The Morgan fingerprint density at radius 2 is 1.95 bits per heavy atom. The second kappa shape index (κ2) is 7.26. The summed E-state index contributed by atoms with van der Waals surface area (Å²) < 4.78 is 10.4. The molecule has 2 aromatic rings. The number of rotatable bonds is 5. The lowest BCUT2D eigenvalue weighted by molar-refractivity contribution is 0.0955. The maximum absolute atomic E-state index is 12.0. The van der Waals surface area contributed by atoms with E-state index >= 15 is 0 Å². The van der Waals surface area contributed by atoms with E-state index in [4.69, 9.17) is 9.47 Å². The predicted octanol–water partition coefficient (Wildman–Crippen LogP) is 2.78. The highest BCUT2D eigenvalue weighted by Gasteiger charge is 2.05. The molecule has 0 unspecified atom stereocenters. The van der Waals surface area contributed by atoms with E-state index in [9.17, 15) is 4.79 Å². The highest BCUT2D eigenvalue weighted by atomic mass is 16.5. The van der Waals surface area contributed by atoms with Crippen molar-refractivity contribution in [1.29, 1.82) is 0 Å². The molecule has 0 saturated carbocycles. The van der Waals surface area contributed by atoms with Crippen molar-refractivity contribution in [3.63, 3.8) is 0 Å². The first kappa shape index (κ1) is 15.6. The number of hydrogen-bond donors (Lipinski definition) is 1. The molecule has 0 aliphatic carbocycles. The summed E-state index contributed by atoms with van der Waals surface area (Å²) in [6, 6.07) is 12.7. The van der Waals surface area contributed by atoms with Crippen LogP contribution in [0.3, 0.4) is 0 Å². The average molecular weight is 298 g/mol. The Morgan fingerprint density at radius 1 is 1.14 bits per heavy atom. The molecule has 0 aliphatic rings. The molecule has 2 rings (SSSR count). The summed E-state index contributed by atoms with van der Waals surface area (Å²) in [7, 11) is 3.16. The number of aryl methyl sites for hydroxylation is 1. The lowest BCUT2D eigenvalue weighted by atomic mass is 10.1. The number of methoxy groups -OCH3 is 2. The lowest BCUT2D eigenvalue weighted by Gasteiger charge is -2.06. The van der Waals surface area contributed by atoms with Gasteiger partial charge in [0.25, 0.3) is 5.91 Å². The Balaban J connectivity index is 2.10. The quantitative estimate of drug-likeness (QED) is 0.682. The SMILES string of the molecule is COc1ccc(OC)c(/C=N\NC(=O)c2cccc(C)c2)c1. The van der Waals surface area contributed by atoms with Crippen LogP contribution in [0.2, 0.25) is 0 Å². The molecule has 1 N–H and O–H groups in total. The number of nitrogens with zero attached hydrogens (tertiary/aromatic N) is 1. The van der Waals surface area contributed by atoms with Gasteiger partial charge in [0.2, 0.25) is 0 Å². The minimum Gasteiger partial charge on any atom is -0.497 e. The van der Waals surface area contributed by atoms with Crippen LogP contribution in [0.5, 0.6) is 11.5 Å². The molecule has 0 spiro atoms. The fourth-order valence-electron chi connectivity index (χ4n) is 1.95. The summed E-state index contributed by atoms with van der Waals surface area (Å²) in [6.07, 6.45) is 1.52. The normalized spacial score (nSPS) is 10.5. The minimum absolute atomic E-state index is 0.262. The maximum Gasteiger partial charge on any atom is 0.271 e. The number of carbonyl (C=O) groups is 1. The molecular formula is C17H18N2O3. The summed E-state index contributed by atoms with van der Waals surface area (Å²) in [4.78, 5) is 12.0. The van der Waals surface area contributed by atoms with Crippen molar-refractivity contribution in [3.8, 4) is 11.5 Å². The zero-order chi connectivity index (χ0) is 15.9. The van der Waals surface area contributed by atoms with Crippen LogP contribution in [0.15, 0.2) is 47.6 Å². The Kier molecular flexibility index (Phi) is 5.14. The van der Waals surface area contributed by atoms with Gasteiger partial charge in [-0.05, 0) is 37.3 Å². The van der Waals surface area contributed by atoms with E-state index in [1.54, 1.807) is 44.6 Å². The molecule has 22 heavy (non-hydrogen) atoms. The molecule has 0 aliphatic heterocycles. The molecule has 0 heterocycles. The summed E-state index contributed by atoms with van der Waals surface area (Å²) >= 11 is 0. The van der Waals surface area contributed by atoms with Gasteiger partial charge in [-0.15, -0.1) is 0 Å². The van der Waals surface area contributed by atoms with Crippen LogP contribution in [0.4, 0.5) is 0 Å². The number of hydrazone groups is 1. The van der Waals surface area contributed by atoms with Crippen molar-refractivity contribution < 1.29 is 14.3 Å². The summed E-state index contributed by atoms with van der Waals surface area (Å²) in [5.74, 6) is 1.07. The molecule has 0 atom stereocenters. The second-order valence-electron chi connectivity index (χ2n) is 4.68. The number of amides is 1. The van der Waals surface area contributed by atoms with Crippen LogP contribution >= 0.6 is 0 Å². The first-order valence-corrected chi connectivity index (χ1v) is 6.76. The third kappa shape index (κ3) is 3.85. The number of hydrogen-bond acceptors (Lipinski definition) is 4. The third-order valence-electron chi connectivity index (χ3n) is 3.09. The van der Waals surface area contributed by atoms with Crippen LogP contribution in [-0.2, 0) is 0 Å². The number of ether oxygens (including phenoxy) is 2. The minimum atomic E-state index is -0.262. The second-order valence-corrected chi connectivity index (χ2v) is 4.68. The lowest BCUT2D eigenvalue weighted by Crippen LogP contribution is -2.17. The molecule has 5 nitrogen and oxygen atoms in total. The van der Waals surface area contributed by atoms with Crippen LogP contribution in [-0.4, -0.2) is 26.3 Å². The van der Waals surface area contributed by atoms with Gasteiger partial charge in [0.05, 0.1) is 20.4 Å². The van der Waals surface area contributed by atoms with E-state index in [0.717, 1.165) is 5.56 Å². The van der Waals surface area contributed by atoms with Gasteiger partial charge in [0.1, 0.15) is 11.5 Å². The third-order valence-corrected chi connectivity index (χ3v) is 3.09. The van der Waals surface area contributed by atoms with E-state index in [2.05, 4.69) is 10.5 Å². The molecule has 0 radical (unpaired) electrons. The van der Waals surface area contributed by atoms with Crippen molar-refractivity contribution >= 4 is 12.1 Å². The zero-order valence-corrected chi connectivity index (χ0v) is 12.8. The predicted molar refractivity (Wildman–Crippen MR) is 85.8 cm³/mol. The molecule has 5 heteroatoms. The Bertz CT molecular complexity index is 696.